The number of carbonyl (C=O) groups excluding carboxylic acids is 1. The lowest BCUT2D eigenvalue weighted by Gasteiger charge is -2.41. The normalized spacial score (nSPS) is 34.7. The summed E-state index contributed by atoms with van der Waals surface area (Å²) in [5.74, 6) is 0.224. The molecule has 1 spiro atoms. The first-order valence-corrected chi connectivity index (χ1v) is 7.70. The van der Waals surface area contributed by atoms with E-state index >= 15 is 0 Å². The van der Waals surface area contributed by atoms with Gasteiger partial charge in [0.1, 0.15) is 0 Å². The van der Waals surface area contributed by atoms with Gasteiger partial charge in [-0.3, -0.25) is 9.69 Å². The summed E-state index contributed by atoms with van der Waals surface area (Å²) in [6, 6.07) is 0.488. The predicted octanol–water partition coefficient (Wildman–Crippen LogP) is 2.74. The monoisotopic (exact) mass is 251 g/mol. The van der Waals surface area contributed by atoms with Gasteiger partial charge in [0.15, 0.2) is 0 Å². The number of hydrogen-bond acceptors (Lipinski definition) is 3. The first-order valence-electron chi connectivity index (χ1n) is 7.70. The highest BCUT2D eigenvalue weighted by Crippen LogP contribution is 2.50. The second kappa shape index (κ2) is 4.84. The third-order valence-electron chi connectivity index (χ3n) is 5.35. The van der Waals surface area contributed by atoms with E-state index in [1.54, 1.807) is 0 Å². The highest BCUT2D eigenvalue weighted by Gasteiger charge is 2.55. The van der Waals surface area contributed by atoms with Gasteiger partial charge in [0.2, 0.25) is 0 Å². The summed E-state index contributed by atoms with van der Waals surface area (Å²) < 4.78 is 5.30. The molecule has 102 valence electrons. The summed E-state index contributed by atoms with van der Waals surface area (Å²) >= 11 is 0. The molecule has 2 unspecified atom stereocenters. The van der Waals surface area contributed by atoms with Crippen molar-refractivity contribution in [1.82, 2.24) is 4.90 Å². The lowest BCUT2D eigenvalue weighted by Crippen LogP contribution is -2.46. The van der Waals surface area contributed by atoms with Crippen LogP contribution in [0.4, 0.5) is 0 Å². The largest absolute Gasteiger partial charge is 0.466 e. The SMILES string of the molecule is CCOC(=O)C1CC2(CCCCC2)N2CCCC12. The second-order valence-electron chi connectivity index (χ2n) is 6.25. The summed E-state index contributed by atoms with van der Waals surface area (Å²) in [4.78, 5) is 14.9. The Kier molecular flexibility index (Phi) is 3.35. The minimum absolute atomic E-state index is 0.0665. The van der Waals surface area contributed by atoms with Crippen molar-refractivity contribution in [2.75, 3.05) is 13.2 Å². The smallest absolute Gasteiger partial charge is 0.310 e. The summed E-state index contributed by atoms with van der Waals surface area (Å²) in [5.41, 5.74) is 0.358. The molecular weight excluding hydrogens is 226 g/mol. The van der Waals surface area contributed by atoms with Crippen LogP contribution in [0, 0.1) is 5.92 Å². The minimum Gasteiger partial charge on any atom is -0.466 e. The van der Waals surface area contributed by atoms with E-state index in [0.717, 1.165) is 6.42 Å². The Morgan fingerprint density at radius 1 is 1.28 bits per heavy atom. The van der Waals surface area contributed by atoms with E-state index in [1.165, 1.54) is 51.5 Å². The van der Waals surface area contributed by atoms with Gasteiger partial charge < -0.3 is 4.74 Å². The zero-order valence-electron chi connectivity index (χ0n) is 11.5. The highest BCUT2D eigenvalue weighted by molar-refractivity contribution is 5.74. The van der Waals surface area contributed by atoms with Crippen molar-refractivity contribution < 1.29 is 9.53 Å². The third-order valence-corrected chi connectivity index (χ3v) is 5.35. The molecule has 2 heterocycles. The number of rotatable bonds is 2. The van der Waals surface area contributed by atoms with E-state index in [-0.39, 0.29) is 11.9 Å². The Hall–Kier alpha value is -0.570. The summed E-state index contributed by atoms with van der Waals surface area (Å²) in [7, 11) is 0. The fourth-order valence-corrected chi connectivity index (χ4v) is 4.65. The first-order chi connectivity index (χ1) is 8.77. The van der Waals surface area contributed by atoms with Crippen LogP contribution in [0.15, 0.2) is 0 Å². The van der Waals surface area contributed by atoms with Gasteiger partial charge in [-0.2, -0.15) is 0 Å². The van der Waals surface area contributed by atoms with E-state index < -0.39 is 0 Å². The van der Waals surface area contributed by atoms with Gasteiger partial charge in [0, 0.05) is 11.6 Å². The molecular formula is C15H25NO2. The van der Waals surface area contributed by atoms with Gasteiger partial charge in [-0.1, -0.05) is 19.3 Å². The van der Waals surface area contributed by atoms with Crippen molar-refractivity contribution in [3.63, 3.8) is 0 Å². The Morgan fingerprint density at radius 2 is 2.06 bits per heavy atom. The molecule has 1 saturated carbocycles. The van der Waals surface area contributed by atoms with E-state index in [2.05, 4.69) is 4.90 Å². The molecule has 0 bridgehead atoms. The Labute approximate surface area is 110 Å². The molecule has 0 N–H and O–H groups in total. The maximum atomic E-state index is 12.2. The van der Waals surface area contributed by atoms with Gasteiger partial charge in [-0.25, -0.2) is 0 Å². The van der Waals surface area contributed by atoms with Crippen LogP contribution in [0.5, 0.6) is 0 Å². The van der Waals surface area contributed by atoms with Crippen LogP contribution in [0.2, 0.25) is 0 Å². The molecule has 0 radical (unpaired) electrons. The fraction of sp³-hybridized carbons (Fsp3) is 0.933. The second-order valence-corrected chi connectivity index (χ2v) is 6.25. The average Bonchev–Trinajstić information content (AvgIpc) is 2.95. The molecule has 1 aliphatic carbocycles. The van der Waals surface area contributed by atoms with Crippen molar-refractivity contribution >= 4 is 5.97 Å². The summed E-state index contributed by atoms with van der Waals surface area (Å²) in [6.45, 7) is 3.64. The van der Waals surface area contributed by atoms with E-state index in [1.807, 2.05) is 6.92 Å². The topological polar surface area (TPSA) is 29.5 Å². The van der Waals surface area contributed by atoms with Crippen LogP contribution in [-0.2, 0) is 9.53 Å². The predicted molar refractivity (Wildman–Crippen MR) is 70.3 cm³/mol. The number of esters is 1. The lowest BCUT2D eigenvalue weighted by atomic mass is 9.78. The molecule has 2 saturated heterocycles. The van der Waals surface area contributed by atoms with Gasteiger partial charge in [0.05, 0.1) is 12.5 Å². The van der Waals surface area contributed by atoms with Crippen LogP contribution in [0.1, 0.15) is 58.3 Å². The molecule has 3 rings (SSSR count). The number of nitrogens with zero attached hydrogens (tertiary/aromatic N) is 1. The molecule has 3 aliphatic rings. The molecule has 3 nitrogen and oxygen atoms in total. The molecule has 0 aromatic heterocycles. The highest BCUT2D eigenvalue weighted by atomic mass is 16.5. The number of hydrogen-bond donors (Lipinski definition) is 0. The van der Waals surface area contributed by atoms with E-state index in [4.69, 9.17) is 4.74 Å². The Balaban J connectivity index is 1.80. The van der Waals surface area contributed by atoms with Crippen molar-refractivity contribution in [1.29, 1.82) is 0 Å². The van der Waals surface area contributed by atoms with Crippen LogP contribution >= 0.6 is 0 Å². The molecule has 18 heavy (non-hydrogen) atoms. The van der Waals surface area contributed by atoms with Crippen LogP contribution in [-0.4, -0.2) is 35.6 Å². The zero-order chi connectivity index (χ0) is 12.6. The van der Waals surface area contributed by atoms with Gasteiger partial charge in [-0.05, 0) is 45.6 Å². The number of fused-ring (bicyclic) bond motifs is 2. The van der Waals surface area contributed by atoms with Gasteiger partial charge >= 0.3 is 5.97 Å². The first kappa shape index (κ1) is 12.5. The molecule has 0 amide bonds. The Morgan fingerprint density at radius 3 is 2.78 bits per heavy atom. The van der Waals surface area contributed by atoms with Crippen LogP contribution in [0.3, 0.4) is 0 Å². The molecule has 0 aromatic rings. The van der Waals surface area contributed by atoms with Gasteiger partial charge in [-0.15, -0.1) is 0 Å². The lowest BCUT2D eigenvalue weighted by molar-refractivity contribution is -0.148. The maximum absolute atomic E-state index is 12.2. The van der Waals surface area contributed by atoms with E-state index in [9.17, 15) is 4.79 Å². The zero-order valence-corrected chi connectivity index (χ0v) is 11.5. The molecule has 3 fully saturated rings. The quantitative estimate of drug-likeness (QED) is 0.707. The number of carbonyl (C=O) groups is 1. The number of ether oxygens (including phenoxy) is 1. The maximum Gasteiger partial charge on any atom is 0.310 e. The standard InChI is InChI=1S/C15H25NO2/c1-2-18-14(17)12-11-15(8-4-3-5-9-15)16-10-6-7-13(12)16/h12-13H,2-11H2,1H3. The third kappa shape index (κ3) is 1.87. The fourth-order valence-electron chi connectivity index (χ4n) is 4.65. The molecule has 2 atom stereocenters. The van der Waals surface area contributed by atoms with Crippen molar-refractivity contribution in [3.05, 3.63) is 0 Å². The van der Waals surface area contributed by atoms with Crippen LogP contribution < -0.4 is 0 Å². The van der Waals surface area contributed by atoms with Crippen molar-refractivity contribution in [3.8, 4) is 0 Å². The molecule has 0 aromatic carbocycles. The summed E-state index contributed by atoms with van der Waals surface area (Å²) in [5, 5.41) is 0. The molecule has 2 aliphatic heterocycles. The van der Waals surface area contributed by atoms with E-state index in [0.29, 0.717) is 18.2 Å². The van der Waals surface area contributed by atoms with Crippen molar-refractivity contribution in [2.45, 2.75) is 69.9 Å². The Bertz CT molecular complexity index is 322. The van der Waals surface area contributed by atoms with Crippen LogP contribution in [0.25, 0.3) is 0 Å². The average molecular weight is 251 g/mol. The summed E-state index contributed by atoms with van der Waals surface area (Å²) in [6.07, 6.45) is 10.2. The molecule has 3 heteroatoms. The van der Waals surface area contributed by atoms with Crippen molar-refractivity contribution in [2.24, 2.45) is 5.92 Å². The van der Waals surface area contributed by atoms with Gasteiger partial charge in [0.25, 0.3) is 0 Å². The minimum atomic E-state index is 0.0665.